The Hall–Kier alpha value is -1.51. The molecule has 3 nitrogen and oxygen atoms in total. The molecule has 3 rings (SSSR count). The summed E-state index contributed by atoms with van der Waals surface area (Å²) in [5.74, 6) is 2.03. The minimum atomic E-state index is 0.144. The van der Waals surface area contributed by atoms with Crippen LogP contribution in [-0.4, -0.2) is 5.91 Å². The summed E-state index contributed by atoms with van der Waals surface area (Å²) < 4.78 is 0. The lowest BCUT2D eigenvalue weighted by Crippen LogP contribution is -2.22. The van der Waals surface area contributed by atoms with Gasteiger partial charge < -0.3 is 11.1 Å². The molecule has 16 heavy (non-hydrogen) atoms. The number of nitrogens with two attached hydrogens (primary N) is 1. The summed E-state index contributed by atoms with van der Waals surface area (Å²) in [5, 5.41) is 2.93. The number of anilines is 2. The Morgan fingerprint density at radius 2 is 1.88 bits per heavy atom. The molecule has 0 bridgehead atoms. The average molecular weight is 216 g/mol. The number of para-hydroxylation sites is 2. The lowest BCUT2D eigenvalue weighted by molar-refractivity contribution is -0.119. The minimum Gasteiger partial charge on any atom is -0.397 e. The molecule has 1 amide bonds. The van der Waals surface area contributed by atoms with E-state index in [0.717, 1.165) is 30.4 Å². The molecule has 1 aromatic rings. The molecule has 1 aromatic carbocycles. The lowest BCUT2D eigenvalue weighted by atomic mass is 10.0. The van der Waals surface area contributed by atoms with E-state index in [0.29, 0.717) is 5.69 Å². The van der Waals surface area contributed by atoms with Crippen LogP contribution >= 0.6 is 0 Å². The van der Waals surface area contributed by atoms with E-state index in [1.54, 1.807) is 0 Å². The van der Waals surface area contributed by atoms with Gasteiger partial charge in [0.15, 0.2) is 0 Å². The summed E-state index contributed by atoms with van der Waals surface area (Å²) in [6.45, 7) is 0. The van der Waals surface area contributed by atoms with Crippen LogP contribution in [0.15, 0.2) is 24.3 Å². The Balaban J connectivity index is 1.66. The van der Waals surface area contributed by atoms with Gasteiger partial charge in [-0.15, -0.1) is 0 Å². The second-order valence-electron chi connectivity index (χ2n) is 5.00. The number of nitrogen functional groups attached to an aromatic ring is 1. The van der Waals surface area contributed by atoms with Gasteiger partial charge in [0.05, 0.1) is 11.4 Å². The van der Waals surface area contributed by atoms with E-state index >= 15 is 0 Å². The number of fused-ring (bicyclic) bond motifs is 1. The number of nitrogens with one attached hydrogen (secondary N) is 1. The van der Waals surface area contributed by atoms with Crippen molar-refractivity contribution in [3.05, 3.63) is 24.3 Å². The fourth-order valence-electron chi connectivity index (χ4n) is 2.77. The molecule has 0 radical (unpaired) electrons. The number of carbonyl (C=O) groups excluding carboxylic acids is 1. The monoisotopic (exact) mass is 216 g/mol. The molecule has 84 valence electrons. The minimum absolute atomic E-state index is 0.144. The van der Waals surface area contributed by atoms with Gasteiger partial charge in [-0.3, -0.25) is 4.79 Å². The molecule has 3 heteroatoms. The van der Waals surface area contributed by atoms with Gasteiger partial charge in [-0.1, -0.05) is 12.1 Å². The van der Waals surface area contributed by atoms with Crippen LogP contribution in [0.1, 0.15) is 19.3 Å². The van der Waals surface area contributed by atoms with Crippen molar-refractivity contribution in [2.75, 3.05) is 11.1 Å². The van der Waals surface area contributed by atoms with Gasteiger partial charge in [-0.05, 0) is 43.2 Å². The fraction of sp³-hybridized carbons (Fsp3) is 0.462. The van der Waals surface area contributed by atoms with E-state index in [9.17, 15) is 4.79 Å². The molecule has 0 heterocycles. The highest BCUT2D eigenvalue weighted by molar-refractivity contribution is 5.95. The van der Waals surface area contributed by atoms with Crippen LogP contribution in [0.5, 0.6) is 0 Å². The number of rotatable bonds is 2. The molecule has 2 aliphatic carbocycles. The Morgan fingerprint density at radius 1 is 1.19 bits per heavy atom. The van der Waals surface area contributed by atoms with Gasteiger partial charge in [0.2, 0.25) is 5.91 Å². The third kappa shape index (κ3) is 1.66. The summed E-state index contributed by atoms with van der Waals surface area (Å²) >= 11 is 0. The molecular formula is C13H16N2O. The zero-order chi connectivity index (χ0) is 11.1. The van der Waals surface area contributed by atoms with E-state index in [1.807, 2.05) is 24.3 Å². The molecule has 2 fully saturated rings. The number of amides is 1. The van der Waals surface area contributed by atoms with Crippen molar-refractivity contribution in [1.29, 1.82) is 0 Å². The van der Waals surface area contributed by atoms with Gasteiger partial charge in [0.1, 0.15) is 0 Å². The number of hydrogen-bond donors (Lipinski definition) is 2. The molecule has 2 atom stereocenters. The van der Waals surface area contributed by atoms with Crippen molar-refractivity contribution in [2.45, 2.75) is 19.3 Å². The van der Waals surface area contributed by atoms with E-state index in [4.69, 9.17) is 5.73 Å². The maximum Gasteiger partial charge on any atom is 0.227 e. The zero-order valence-corrected chi connectivity index (χ0v) is 9.15. The van der Waals surface area contributed by atoms with Crippen molar-refractivity contribution in [1.82, 2.24) is 0 Å². The average Bonchev–Trinajstić information content (AvgIpc) is 2.89. The van der Waals surface area contributed by atoms with Crippen molar-refractivity contribution >= 4 is 17.3 Å². The quantitative estimate of drug-likeness (QED) is 0.745. The highest BCUT2D eigenvalue weighted by Crippen LogP contribution is 2.54. The summed E-state index contributed by atoms with van der Waals surface area (Å²) in [5.41, 5.74) is 7.17. The molecule has 0 aromatic heterocycles. The van der Waals surface area contributed by atoms with E-state index in [2.05, 4.69) is 5.32 Å². The number of hydrogen-bond acceptors (Lipinski definition) is 2. The second-order valence-corrected chi connectivity index (χ2v) is 5.00. The molecule has 2 aliphatic rings. The van der Waals surface area contributed by atoms with Crippen LogP contribution in [0.25, 0.3) is 0 Å². The Kier molecular flexibility index (Phi) is 2.13. The highest BCUT2D eigenvalue weighted by atomic mass is 16.1. The highest BCUT2D eigenvalue weighted by Gasteiger charge is 2.47. The zero-order valence-electron chi connectivity index (χ0n) is 9.15. The van der Waals surface area contributed by atoms with Crippen molar-refractivity contribution in [2.24, 2.45) is 17.8 Å². The predicted octanol–water partition coefficient (Wildman–Crippen LogP) is 2.25. The molecular weight excluding hydrogens is 200 g/mol. The molecule has 0 spiro atoms. The van der Waals surface area contributed by atoms with Gasteiger partial charge in [-0.25, -0.2) is 0 Å². The third-order valence-corrected chi connectivity index (χ3v) is 3.83. The summed E-state index contributed by atoms with van der Waals surface area (Å²) in [6.07, 6.45) is 3.49. The maximum atomic E-state index is 12.0. The largest absolute Gasteiger partial charge is 0.397 e. The first-order chi connectivity index (χ1) is 7.74. The van der Waals surface area contributed by atoms with Gasteiger partial charge in [-0.2, -0.15) is 0 Å². The standard InChI is InChI=1S/C13H16N2O/c14-11-3-1-2-4-12(11)15-13(16)10-6-8-5-9(8)7-10/h1-4,8-10H,5-7,14H2,(H,15,16). The van der Waals surface area contributed by atoms with Gasteiger partial charge >= 0.3 is 0 Å². The number of carbonyl (C=O) groups is 1. The van der Waals surface area contributed by atoms with Crippen LogP contribution in [0.2, 0.25) is 0 Å². The van der Waals surface area contributed by atoms with E-state index < -0.39 is 0 Å². The van der Waals surface area contributed by atoms with Crippen molar-refractivity contribution < 1.29 is 4.79 Å². The number of benzene rings is 1. The Morgan fingerprint density at radius 3 is 2.56 bits per heavy atom. The summed E-state index contributed by atoms with van der Waals surface area (Å²) in [6, 6.07) is 7.42. The van der Waals surface area contributed by atoms with Crippen LogP contribution in [0.4, 0.5) is 11.4 Å². The third-order valence-electron chi connectivity index (χ3n) is 3.83. The van der Waals surface area contributed by atoms with Crippen molar-refractivity contribution in [3.63, 3.8) is 0 Å². The van der Waals surface area contributed by atoms with E-state index in [-0.39, 0.29) is 11.8 Å². The first-order valence-corrected chi connectivity index (χ1v) is 5.89. The smallest absolute Gasteiger partial charge is 0.227 e. The van der Waals surface area contributed by atoms with Crippen molar-refractivity contribution in [3.8, 4) is 0 Å². The molecule has 2 saturated carbocycles. The Bertz CT molecular complexity index is 420. The predicted molar refractivity (Wildman–Crippen MR) is 63.8 cm³/mol. The molecule has 0 aliphatic heterocycles. The van der Waals surface area contributed by atoms with Crippen LogP contribution < -0.4 is 11.1 Å². The molecule has 0 saturated heterocycles. The maximum absolute atomic E-state index is 12.0. The first kappa shape index (κ1) is 9.70. The van der Waals surface area contributed by atoms with E-state index in [1.165, 1.54) is 6.42 Å². The fourth-order valence-corrected chi connectivity index (χ4v) is 2.77. The molecule has 2 unspecified atom stereocenters. The second kappa shape index (κ2) is 3.51. The van der Waals surface area contributed by atoms with Crippen LogP contribution in [0, 0.1) is 17.8 Å². The first-order valence-electron chi connectivity index (χ1n) is 5.89. The Labute approximate surface area is 95.0 Å². The molecule has 3 N–H and O–H groups in total. The van der Waals surface area contributed by atoms with Gasteiger partial charge in [0, 0.05) is 5.92 Å². The normalized spacial score (nSPS) is 30.9. The summed E-state index contributed by atoms with van der Waals surface area (Å²) in [4.78, 5) is 12.0. The topological polar surface area (TPSA) is 55.1 Å². The van der Waals surface area contributed by atoms with Gasteiger partial charge in [0.25, 0.3) is 0 Å². The SMILES string of the molecule is Nc1ccccc1NC(=O)C1CC2CC2C1. The van der Waals surface area contributed by atoms with Crippen LogP contribution in [0.3, 0.4) is 0 Å². The lowest BCUT2D eigenvalue weighted by Gasteiger charge is -2.13. The van der Waals surface area contributed by atoms with Crippen LogP contribution in [-0.2, 0) is 4.79 Å². The summed E-state index contributed by atoms with van der Waals surface area (Å²) in [7, 11) is 0.